The highest BCUT2D eigenvalue weighted by Gasteiger charge is 2.06. The molecule has 0 radical (unpaired) electrons. The summed E-state index contributed by atoms with van der Waals surface area (Å²) in [5.41, 5.74) is 1.17. The van der Waals surface area contributed by atoms with Crippen LogP contribution in [0.5, 0.6) is 5.75 Å². The number of ether oxygens (including phenoxy) is 2. The van der Waals surface area contributed by atoms with Crippen LogP contribution in [0.2, 0.25) is 0 Å². The molecule has 0 heterocycles. The minimum absolute atomic E-state index is 0.0502. The van der Waals surface area contributed by atoms with Crippen LogP contribution >= 0.6 is 0 Å². The van der Waals surface area contributed by atoms with Crippen LogP contribution in [0.25, 0.3) is 0 Å². The Balaban J connectivity index is 1.85. The number of rotatable bonds is 22. The van der Waals surface area contributed by atoms with Gasteiger partial charge in [-0.1, -0.05) is 109 Å². The largest absolute Gasteiger partial charge is 0.466 e. The van der Waals surface area contributed by atoms with Gasteiger partial charge in [0, 0.05) is 12.8 Å². The number of carbonyl (C=O) groups is 2. The van der Waals surface area contributed by atoms with E-state index in [1.54, 1.807) is 0 Å². The number of hydrogen-bond donors (Lipinski definition) is 0. The van der Waals surface area contributed by atoms with E-state index in [0.29, 0.717) is 25.2 Å². The van der Waals surface area contributed by atoms with Crippen LogP contribution in [-0.2, 0) is 20.7 Å². The molecule has 1 aromatic carbocycles. The van der Waals surface area contributed by atoms with Crippen LogP contribution in [0.1, 0.15) is 135 Å². The van der Waals surface area contributed by atoms with Crippen molar-refractivity contribution < 1.29 is 19.1 Å². The lowest BCUT2D eigenvalue weighted by Gasteiger charge is -2.06. The molecular weight excluding hydrogens is 424 g/mol. The molecule has 0 aliphatic rings. The Morgan fingerprint density at radius 2 is 1.18 bits per heavy atom. The summed E-state index contributed by atoms with van der Waals surface area (Å²) in [5.74, 6) is 0.439. The van der Waals surface area contributed by atoms with Crippen LogP contribution in [0, 0.1) is 0 Å². The number of benzene rings is 1. The third-order valence-corrected chi connectivity index (χ3v) is 6.31. The van der Waals surface area contributed by atoms with Gasteiger partial charge in [-0.2, -0.15) is 0 Å². The molecule has 0 aromatic heterocycles. The van der Waals surface area contributed by atoms with Gasteiger partial charge in [-0.15, -0.1) is 0 Å². The Morgan fingerprint density at radius 3 is 1.76 bits per heavy atom. The molecule has 34 heavy (non-hydrogen) atoms. The number of aryl methyl sites for hydroxylation is 1. The maximum Gasteiger partial charge on any atom is 0.311 e. The monoisotopic (exact) mass is 474 g/mol. The van der Waals surface area contributed by atoms with E-state index in [9.17, 15) is 9.59 Å². The van der Waals surface area contributed by atoms with Crippen molar-refractivity contribution in [2.75, 3.05) is 6.61 Å². The number of esters is 2. The molecule has 4 heteroatoms. The van der Waals surface area contributed by atoms with Crippen LogP contribution in [0.15, 0.2) is 24.3 Å². The van der Waals surface area contributed by atoms with E-state index in [1.165, 1.54) is 63.4 Å². The first-order valence-corrected chi connectivity index (χ1v) is 14.1. The zero-order chi connectivity index (χ0) is 24.7. The number of hydrogen-bond acceptors (Lipinski definition) is 4. The highest BCUT2D eigenvalue weighted by Crippen LogP contribution is 2.16. The van der Waals surface area contributed by atoms with Crippen LogP contribution in [-0.4, -0.2) is 18.5 Å². The molecule has 0 unspecified atom stereocenters. The van der Waals surface area contributed by atoms with Gasteiger partial charge in [-0.05, 0) is 43.4 Å². The van der Waals surface area contributed by atoms with Gasteiger partial charge >= 0.3 is 11.9 Å². The zero-order valence-corrected chi connectivity index (χ0v) is 22.1. The maximum atomic E-state index is 12.0. The highest BCUT2D eigenvalue weighted by molar-refractivity contribution is 5.72. The predicted molar refractivity (Wildman–Crippen MR) is 141 cm³/mol. The molecule has 1 rings (SSSR count). The van der Waals surface area contributed by atoms with Gasteiger partial charge in [0.15, 0.2) is 0 Å². The van der Waals surface area contributed by atoms with Crippen molar-refractivity contribution in [3.05, 3.63) is 29.8 Å². The van der Waals surface area contributed by atoms with Crippen molar-refractivity contribution >= 4 is 11.9 Å². The van der Waals surface area contributed by atoms with Crippen molar-refractivity contribution in [2.24, 2.45) is 0 Å². The summed E-state index contributed by atoms with van der Waals surface area (Å²) in [5, 5.41) is 0. The third kappa shape index (κ3) is 17.6. The third-order valence-electron chi connectivity index (χ3n) is 6.31. The second-order valence-electron chi connectivity index (χ2n) is 9.50. The molecule has 0 N–H and O–H groups in total. The van der Waals surface area contributed by atoms with Gasteiger partial charge in [0.25, 0.3) is 0 Å². The molecule has 0 spiro atoms. The summed E-state index contributed by atoms with van der Waals surface area (Å²) in [6.45, 7) is 4.92. The first-order valence-electron chi connectivity index (χ1n) is 14.1. The Bertz CT molecular complexity index is 640. The Hall–Kier alpha value is -1.84. The SMILES string of the molecule is CCCCCCCCCCCCOC(=O)CCCCCCCCC(=O)Oc1cccc(CC)c1. The fourth-order valence-electron chi connectivity index (χ4n) is 4.10. The molecule has 0 bridgehead atoms. The van der Waals surface area contributed by atoms with E-state index >= 15 is 0 Å². The Kier molecular flexibility index (Phi) is 19.2. The van der Waals surface area contributed by atoms with Crippen molar-refractivity contribution in [3.63, 3.8) is 0 Å². The van der Waals surface area contributed by atoms with Gasteiger partial charge < -0.3 is 9.47 Å². The predicted octanol–water partition coefficient (Wildman–Crippen LogP) is 8.74. The van der Waals surface area contributed by atoms with Crippen LogP contribution in [0.3, 0.4) is 0 Å². The van der Waals surface area contributed by atoms with Gasteiger partial charge in [0.2, 0.25) is 0 Å². The second kappa shape index (κ2) is 21.7. The van der Waals surface area contributed by atoms with Gasteiger partial charge in [-0.3, -0.25) is 9.59 Å². The Labute approximate surface area is 209 Å². The molecule has 194 valence electrons. The van der Waals surface area contributed by atoms with E-state index in [2.05, 4.69) is 13.8 Å². The Morgan fingerprint density at radius 1 is 0.647 bits per heavy atom. The standard InChI is InChI=1S/C30H50O4/c1-3-5-6-7-8-9-10-13-16-19-25-33-29(31)23-17-14-11-12-15-18-24-30(32)34-28-22-20-21-27(4-2)26-28/h20-22,26H,3-19,23-25H2,1-2H3. The van der Waals surface area contributed by atoms with Crippen LogP contribution < -0.4 is 4.74 Å². The molecule has 1 aromatic rings. The zero-order valence-electron chi connectivity index (χ0n) is 22.1. The minimum Gasteiger partial charge on any atom is -0.466 e. The highest BCUT2D eigenvalue weighted by atomic mass is 16.5. The van der Waals surface area contributed by atoms with Crippen molar-refractivity contribution in [2.45, 2.75) is 136 Å². The average Bonchev–Trinajstić information content (AvgIpc) is 2.84. The molecule has 0 amide bonds. The minimum atomic E-state index is -0.154. The summed E-state index contributed by atoms with van der Waals surface area (Å²) >= 11 is 0. The lowest BCUT2D eigenvalue weighted by atomic mass is 10.1. The first-order chi connectivity index (χ1) is 16.7. The smallest absolute Gasteiger partial charge is 0.311 e. The van der Waals surface area contributed by atoms with Crippen molar-refractivity contribution in [1.29, 1.82) is 0 Å². The lowest BCUT2D eigenvalue weighted by Crippen LogP contribution is -2.07. The second-order valence-corrected chi connectivity index (χ2v) is 9.50. The van der Waals surface area contributed by atoms with E-state index in [0.717, 1.165) is 51.4 Å². The fraction of sp³-hybridized carbons (Fsp3) is 0.733. The van der Waals surface area contributed by atoms with E-state index in [1.807, 2.05) is 24.3 Å². The van der Waals surface area contributed by atoms with Gasteiger partial charge in [0.1, 0.15) is 5.75 Å². The lowest BCUT2D eigenvalue weighted by molar-refractivity contribution is -0.144. The van der Waals surface area contributed by atoms with Crippen molar-refractivity contribution in [3.8, 4) is 5.75 Å². The first kappa shape index (κ1) is 30.2. The number of unbranched alkanes of at least 4 members (excludes halogenated alkanes) is 14. The molecule has 0 saturated carbocycles. The summed E-state index contributed by atoms with van der Waals surface area (Å²) in [6.07, 6.45) is 20.8. The summed E-state index contributed by atoms with van der Waals surface area (Å²) in [4.78, 5) is 23.8. The summed E-state index contributed by atoms with van der Waals surface area (Å²) in [7, 11) is 0. The normalized spacial score (nSPS) is 10.9. The summed E-state index contributed by atoms with van der Waals surface area (Å²) < 4.78 is 10.8. The topological polar surface area (TPSA) is 52.6 Å². The van der Waals surface area contributed by atoms with Crippen LogP contribution in [0.4, 0.5) is 0 Å². The fourth-order valence-corrected chi connectivity index (χ4v) is 4.10. The quantitative estimate of drug-likeness (QED) is 0.0957. The molecule has 0 atom stereocenters. The summed E-state index contributed by atoms with van der Waals surface area (Å²) in [6, 6.07) is 7.73. The van der Waals surface area contributed by atoms with E-state index in [-0.39, 0.29) is 11.9 Å². The average molecular weight is 475 g/mol. The molecular formula is C30H50O4. The molecule has 0 fully saturated rings. The van der Waals surface area contributed by atoms with E-state index < -0.39 is 0 Å². The molecule has 0 aliphatic heterocycles. The number of carbonyl (C=O) groups excluding carboxylic acids is 2. The van der Waals surface area contributed by atoms with Gasteiger partial charge in [0.05, 0.1) is 6.61 Å². The maximum absolute atomic E-state index is 12.0. The molecule has 0 aliphatic carbocycles. The molecule has 4 nitrogen and oxygen atoms in total. The van der Waals surface area contributed by atoms with Crippen molar-refractivity contribution in [1.82, 2.24) is 0 Å². The van der Waals surface area contributed by atoms with Gasteiger partial charge in [-0.25, -0.2) is 0 Å². The van der Waals surface area contributed by atoms with E-state index in [4.69, 9.17) is 9.47 Å². The molecule has 0 saturated heterocycles.